The Labute approximate surface area is 93.8 Å². The topological polar surface area (TPSA) is 58.4 Å². The van der Waals surface area contributed by atoms with Gasteiger partial charge in [0.1, 0.15) is 0 Å². The number of carbonyl (C=O) groups is 1. The Hall–Kier alpha value is -1.36. The number of nitrogens with zero attached hydrogens (tertiary/aromatic N) is 2. The highest BCUT2D eigenvalue weighted by atomic mass is 16.3. The highest BCUT2D eigenvalue weighted by molar-refractivity contribution is 5.92. The van der Waals surface area contributed by atoms with Gasteiger partial charge in [-0.1, -0.05) is 0 Å². The van der Waals surface area contributed by atoms with Gasteiger partial charge in [-0.15, -0.1) is 0 Å². The fourth-order valence-electron chi connectivity index (χ4n) is 2.65. The van der Waals surface area contributed by atoms with E-state index >= 15 is 0 Å². The number of carbonyl (C=O) groups excluding carboxylic acids is 1. The highest BCUT2D eigenvalue weighted by Crippen LogP contribution is 2.23. The fraction of sp³-hybridized carbons (Fsp3) is 0.636. The Kier molecular flexibility index (Phi) is 2.21. The molecule has 3 heterocycles. The van der Waals surface area contributed by atoms with Crippen molar-refractivity contribution in [1.29, 1.82) is 0 Å². The molecule has 0 aliphatic carbocycles. The monoisotopic (exact) mass is 221 g/mol. The molecule has 2 fully saturated rings. The van der Waals surface area contributed by atoms with Crippen LogP contribution in [0.1, 0.15) is 22.7 Å². The van der Waals surface area contributed by atoms with Crippen LogP contribution >= 0.6 is 0 Å². The van der Waals surface area contributed by atoms with Gasteiger partial charge in [-0.25, -0.2) is 4.98 Å². The normalized spacial score (nSPS) is 28.4. The van der Waals surface area contributed by atoms with Gasteiger partial charge in [-0.2, -0.15) is 0 Å². The van der Waals surface area contributed by atoms with E-state index in [1.807, 2.05) is 4.90 Å². The van der Waals surface area contributed by atoms with Crippen LogP contribution in [0.3, 0.4) is 0 Å². The summed E-state index contributed by atoms with van der Waals surface area (Å²) in [4.78, 5) is 18.0. The minimum atomic E-state index is -0.0200. The first-order chi connectivity index (χ1) is 7.74. The summed E-state index contributed by atoms with van der Waals surface area (Å²) >= 11 is 0. The summed E-state index contributed by atoms with van der Waals surface area (Å²) < 4.78 is 5.15. The average molecular weight is 221 g/mol. The summed E-state index contributed by atoms with van der Waals surface area (Å²) in [6.07, 6.45) is 2.53. The summed E-state index contributed by atoms with van der Waals surface area (Å²) in [6.45, 7) is 4.45. The van der Waals surface area contributed by atoms with E-state index < -0.39 is 0 Å². The van der Waals surface area contributed by atoms with Crippen molar-refractivity contribution in [1.82, 2.24) is 15.2 Å². The molecule has 0 spiro atoms. The smallest absolute Gasteiger partial charge is 0.291 e. The van der Waals surface area contributed by atoms with Crippen molar-refractivity contribution in [2.45, 2.75) is 19.4 Å². The SMILES string of the molecule is Cc1ncoc1C(=O)N1CC2CNC(C2)C1. The van der Waals surface area contributed by atoms with E-state index in [9.17, 15) is 4.79 Å². The third-order valence-corrected chi connectivity index (χ3v) is 3.46. The van der Waals surface area contributed by atoms with Gasteiger partial charge in [0, 0.05) is 25.7 Å². The number of rotatable bonds is 1. The third kappa shape index (κ3) is 1.51. The predicted octanol–water partition coefficient (Wildman–Crippen LogP) is 0.417. The molecule has 0 saturated carbocycles. The van der Waals surface area contributed by atoms with Crippen LogP contribution < -0.4 is 5.32 Å². The zero-order valence-corrected chi connectivity index (χ0v) is 9.27. The maximum Gasteiger partial charge on any atom is 0.291 e. The molecule has 1 aromatic rings. The van der Waals surface area contributed by atoms with Crippen LogP contribution in [0.25, 0.3) is 0 Å². The van der Waals surface area contributed by atoms with Gasteiger partial charge in [0.25, 0.3) is 5.91 Å². The van der Waals surface area contributed by atoms with Crippen LogP contribution in [-0.2, 0) is 0 Å². The molecule has 2 aliphatic rings. The summed E-state index contributed by atoms with van der Waals surface area (Å²) in [7, 11) is 0. The molecule has 2 aliphatic heterocycles. The van der Waals surface area contributed by atoms with Crippen LogP contribution in [0.4, 0.5) is 0 Å². The first-order valence-corrected chi connectivity index (χ1v) is 5.67. The average Bonchev–Trinajstić information content (AvgIpc) is 2.84. The van der Waals surface area contributed by atoms with Crippen molar-refractivity contribution in [2.24, 2.45) is 5.92 Å². The number of likely N-dealkylation sites (tertiary alicyclic amines) is 1. The fourth-order valence-corrected chi connectivity index (χ4v) is 2.65. The van der Waals surface area contributed by atoms with Gasteiger partial charge in [-0.05, 0) is 19.3 Å². The van der Waals surface area contributed by atoms with E-state index in [0.717, 1.165) is 19.6 Å². The number of amides is 1. The molecule has 16 heavy (non-hydrogen) atoms. The molecule has 1 N–H and O–H groups in total. The third-order valence-electron chi connectivity index (χ3n) is 3.46. The molecule has 0 aromatic carbocycles. The Morgan fingerprint density at radius 3 is 3.19 bits per heavy atom. The number of aromatic nitrogens is 1. The zero-order valence-electron chi connectivity index (χ0n) is 9.27. The lowest BCUT2D eigenvalue weighted by Gasteiger charge is -2.30. The molecule has 1 aromatic heterocycles. The van der Waals surface area contributed by atoms with Crippen molar-refractivity contribution in [3.05, 3.63) is 17.8 Å². The quantitative estimate of drug-likeness (QED) is 0.746. The Balaban J connectivity index is 1.79. The van der Waals surface area contributed by atoms with Crippen molar-refractivity contribution in [3.8, 4) is 0 Å². The molecule has 5 nitrogen and oxygen atoms in total. The highest BCUT2D eigenvalue weighted by Gasteiger charge is 2.36. The van der Waals surface area contributed by atoms with Crippen LogP contribution in [0.15, 0.2) is 10.8 Å². The standard InChI is InChI=1S/C11H15N3O2/c1-7-10(16-6-13-7)11(15)14-4-8-2-9(5-14)12-3-8/h6,8-9,12H,2-5H2,1H3. The van der Waals surface area contributed by atoms with Gasteiger partial charge in [0.05, 0.1) is 5.69 Å². The number of nitrogens with one attached hydrogen (secondary N) is 1. The van der Waals surface area contributed by atoms with E-state index in [4.69, 9.17) is 4.42 Å². The predicted molar refractivity (Wildman–Crippen MR) is 57.0 cm³/mol. The van der Waals surface area contributed by atoms with Crippen molar-refractivity contribution in [2.75, 3.05) is 19.6 Å². The molecule has 86 valence electrons. The molecular formula is C11H15N3O2. The summed E-state index contributed by atoms with van der Waals surface area (Å²) in [6, 6.07) is 0.464. The Morgan fingerprint density at radius 2 is 2.50 bits per heavy atom. The van der Waals surface area contributed by atoms with Gasteiger partial charge < -0.3 is 14.6 Å². The van der Waals surface area contributed by atoms with Gasteiger partial charge >= 0.3 is 0 Å². The van der Waals surface area contributed by atoms with Gasteiger partial charge in [0.2, 0.25) is 5.76 Å². The maximum atomic E-state index is 12.2. The molecule has 0 radical (unpaired) electrons. The van der Waals surface area contributed by atoms with Gasteiger partial charge in [0.15, 0.2) is 6.39 Å². The molecule has 3 rings (SSSR count). The van der Waals surface area contributed by atoms with E-state index in [-0.39, 0.29) is 5.91 Å². The maximum absolute atomic E-state index is 12.2. The second-order valence-electron chi connectivity index (χ2n) is 4.68. The number of oxazole rings is 1. The van der Waals surface area contributed by atoms with Crippen molar-refractivity contribution >= 4 is 5.91 Å². The summed E-state index contributed by atoms with van der Waals surface area (Å²) in [5.41, 5.74) is 0.677. The first-order valence-electron chi connectivity index (χ1n) is 5.67. The van der Waals surface area contributed by atoms with Crippen molar-refractivity contribution < 1.29 is 9.21 Å². The van der Waals surface area contributed by atoms with Gasteiger partial charge in [-0.3, -0.25) is 4.79 Å². The second kappa shape index (κ2) is 3.59. The number of fused-ring (bicyclic) bond motifs is 2. The second-order valence-corrected chi connectivity index (χ2v) is 4.68. The number of piperidine rings is 1. The first kappa shape index (κ1) is 9.84. The summed E-state index contributed by atoms with van der Waals surface area (Å²) in [5.74, 6) is 0.973. The minimum absolute atomic E-state index is 0.0200. The lowest BCUT2D eigenvalue weighted by Crippen LogP contribution is -2.44. The Morgan fingerprint density at radius 1 is 1.62 bits per heavy atom. The van der Waals surface area contributed by atoms with Crippen LogP contribution in [0, 0.1) is 12.8 Å². The summed E-state index contributed by atoms with van der Waals surface area (Å²) in [5, 5.41) is 3.42. The van der Waals surface area contributed by atoms with E-state index in [2.05, 4.69) is 10.3 Å². The lowest BCUT2D eigenvalue weighted by molar-refractivity contribution is 0.0658. The molecular weight excluding hydrogens is 206 g/mol. The molecule has 2 atom stereocenters. The zero-order chi connectivity index (χ0) is 11.1. The Bertz CT molecular complexity index is 403. The van der Waals surface area contributed by atoms with Crippen LogP contribution in [0.5, 0.6) is 0 Å². The van der Waals surface area contributed by atoms with E-state index in [1.54, 1.807) is 6.92 Å². The molecule has 1 amide bonds. The number of hydrogen-bond acceptors (Lipinski definition) is 4. The van der Waals surface area contributed by atoms with E-state index in [1.165, 1.54) is 12.8 Å². The lowest BCUT2D eigenvalue weighted by atomic mass is 10.00. The number of aryl methyl sites for hydroxylation is 1. The number of hydrogen-bond donors (Lipinski definition) is 1. The minimum Gasteiger partial charge on any atom is -0.438 e. The van der Waals surface area contributed by atoms with E-state index in [0.29, 0.717) is 23.4 Å². The van der Waals surface area contributed by atoms with Crippen molar-refractivity contribution in [3.63, 3.8) is 0 Å². The molecule has 2 bridgehead atoms. The molecule has 2 saturated heterocycles. The van der Waals surface area contributed by atoms with Crippen LogP contribution in [0.2, 0.25) is 0 Å². The molecule has 5 heteroatoms. The largest absolute Gasteiger partial charge is 0.438 e. The van der Waals surface area contributed by atoms with Crippen LogP contribution in [-0.4, -0.2) is 41.5 Å². The molecule has 2 unspecified atom stereocenters.